The lowest BCUT2D eigenvalue weighted by molar-refractivity contribution is 0.172. The Labute approximate surface area is 66.1 Å². The number of ether oxygens (including phenoxy) is 1. The minimum Gasteiger partial charge on any atom is -0.377 e. The van der Waals surface area contributed by atoms with Crippen LogP contribution in [0.3, 0.4) is 0 Å². The molecule has 2 nitrogen and oxygen atoms in total. The molecular weight excluding hydrogens is 145 g/mol. The van der Waals surface area contributed by atoms with Gasteiger partial charge in [0.05, 0.1) is 25.8 Å². The van der Waals surface area contributed by atoms with Crippen molar-refractivity contribution < 1.29 is 9.13 Å². The van der Waals surface area contributed by atoms with Crippen LogP contribution in [0.2, 0.25) is 0 Å². The molecule has 0 aromatic carbocycles. The Balaban J connectivity index is 2.18. The average Bonchev–Trinajstić information content (AvgIpc) is 2.37. The molecular formula is C8H12FNO. The largest absolute Gasteiger partial charge is 0.377 e. The Hall–Kier alpha value is -0.590. The van der Waals surface area contributed by atoms with Gasteiger partial charge in [-0.25, -0.2) is 4.39 Å². The lowest BCUT2D eigenvalue weighted by Gasteiger charge is -2.09. The second-order valence-electron chi connectivity index (χ2n) is 2.47. The van der Waals surface area contributed by atoms with Gasteiger partial charge in [-0.2, -0.15) is 0 Å². The first-order chi connectivity index (χ1) is 5.34. The van der Waals surface area contributed by atoms with E-state index in [-0.39, 0.29) is 12.6 Å². The van der Waals surface area contributed by atoms with Crippen LogP contribution in [0, 0.1) is 11.8 Å². The van der Waals surface area contributed by atoms with Crippen LogP contribution in [-0.4, -0.2) is 32.0 Å². The molecule has 1 heterocycles. The third-order valence-corrected chi connectivity index (χ3v) is 1.64. The molecule has 1 fully saturated rings. The van der Waals surface area contributed by atoms with E-state index in [1.807, 2.05) is 0 Å². The number of alkyl halides is 1. The summed E-state index contributed by atoms with van der Waals surface area (Å²) in [5.74, 6) is 5.54. The van der Waals surface area contributed by atoms with Crippen LogP contribution in [0.25, 0.3) is 0 Å². The Bertz CT molecular complexity index is 173. The van der Waals surface area contributed by atoms with Crippen molar-refractivity contribution >= 4 is 0 Å². The molecule has 0 aromatic rings. The molecule has 0 bridgehead atoms. The van der Waals surface area contributed by atoms with Gasteiger partial charge in [0.15, 0.2) is 0 Å². The van der Waals surface area contributed by atoms with Crippen LogP contribution in [0.4, 0.5) is 4.39 Å². The van der Waals surface area contributed by atoms with E-state index in [4.69, 9.17) is 4.74 Å². The highest BCUT2D eigenvalue weighted by molar-refractivity contribution is 4.98. The molecule has 11 heavy (non-hydrogen) atoms. The fraction of sp³-hybridized carbons (Fsp3) is 0.750. The van der Waals surface area contributed by atoms with Gasteiger partial charge < -0.3 is 4.74 Å². The topological polar surface area (TPSA) is 21.3 Å². The van der Waals surface area contributed by atoms with Crippen molar-refractivity contribution in [1.82, 2.24) is 5.32 Å². The van der Waals surface area contributed by atoms with Crippen molar-refractivity contribution in [3.63, 3.8) is 0 Å². The molecule has 0 spiro atoms. The molecule has 0 saturated carbocycles. The Morgan fingerprint density at radius 1 is 1.64 bits per heavy atom. The highest BCUT2D eigenvalue weighted by Gasteiger charge is 2.26. The summed E-state index contributed by atoms with van der Waals surface area (Å²) in [4.78, 5) is 0. The molecule has 0 aromatic heterocycles. The van der Waals surface area contributed by atoms with Crippen LogP contribution >= 0.6 is 0 Å². The maximum atomic E-state index is 12.8. The van der Waals surface area contributed by atoms with Gasteiger partial charge in [-0.05, 0) is 6.92 Å². The molecule has 1 aliphatic heterocycles. The molecule has 1 saturated heterocycles. The van der Waals surface area contributed by atoms with Gasteiger partial charge in [-0.15, -0.1) is 5.92 Å². The standard InChI is InChI=1S/C8H12FNO/c1-2-3-4-10-8-6-11-5-7(8)9/h7-8,10H,4-6H2,1H3. The maximum Gasteiger partial charge on any atom is 0.141 e. The van der Waals surface area contributed by atoms with E-state index in [9.17, 15) is 4.39 Å². The fourth-order valence-electron chi connectivity index (χ4n) is 0.985. The number of rotatable bonds is 2. The number of nitrogens with one attached hydrogen (secondary N) is 1. The SMILES string of the molecule is CC#CCNC1COCC1F. The van der Waals surface area contributed by atoms with Gasteiger partial charge >= 0.3 is 0 Å². The summed E-state index contributed by atoms with van der Waals surface area (Å²) < 4.78 is 17.7. The summed E-state index contributed by atoms with van der Waals surface area (Å²) >= 11 is 0. The average molecular weight is 157 g/mol. The first kappa shape index (κ1) is 8.51. The molecule has 1 aliphatic rings. The molecule has 3 heteroatoms. The number of hydrogen-bond donors (Lipinski definition) is 1. The Morgan fingerprint density at radius 2 is 2.45 bits per heavy atom. The summed E-state index contributed by atoms with van der Waals surface area (Å²) in [5, 5.41) is 2.96. The molecule has 2 atom stereocenters. The minimum atomic E-state index is -0.867. The normalized spacial score (nSPS) is 29.6. The van der Waals surface area contributed by atoms with Crippen molar-refractivity contribution in [1.29, 1.82) is 0 Å². The lowest BCUT2D eigenvalue weighted by Crippen LogP contribution is -2.36. The molecule has 0 radical (unpaired) electrons. The summed E-state index contributed by atoms with van der Waals surface area (Å²) in [7, 11) is 0. The van der Waals surface area contributed by atoms with Gasteiger partial charge in [0.2, 0.25) is 0 Å². The second kappa shape index (κ2) is 4.32. The van der Waals surface area contributed by atoms with Crippen molar-refractivity contribution in [2.75, 3.05) is 19.8 Å². The predicted molar refractivity (Wildman–Crippen MR) is 41.0 cm³/mol. The van der Waals surface area contributed by atoms with E-state index >= 15 is 0 Å². The third kappa shape index (κ3) is 2.49. The van der Waals surface area contributed by atoms with Gasteiger partial charge in [0, 0.05) is 0 Å². The molecule has 0 amide bonds. The van der Waals surface area contributed by atoms with E-state index in [0.29, 0.717) is 13.2 Å². The molecule has 2 unspecified atom stereocenters. The van der Waals surface area contributed by atoms with Crippen LogP contribution < -0.4 is 5.32 Å². The first-order valence-corrected chi connectivity index (χ1v) is 3.69. The number of halogens is 1. The van der Waals surface area contributed by atoms with E-state index in [1.165, 1.54) is 0 Å². The lowest BCUT2D eigenvalue weighted by atomic mass is 10.2. The monoisotopic (exact) mass is 157 g/mol. The first-order valence-electron chi connectivity index (χ1n) is 3.69. The van der Waals surface area contributed by atoms with Crippen molar-refractivity contribution in [3.05, 3.63) is 0 Å². The van der Waals surface area contributed by atoms with Crippen molar-refractivity contribution in [2.45, 2.75) is 19.1 Å². The highest BCUT2D eigenvalue weighted by atomic mass is 19.1. The molecule has 0 aliphatic carbocycles. The molecule has 1 rings (SSSR count). The smallest absolute Gasteiger partial charge is 0.141 e. The van der Waals surface area contributed by atoms with Crippen molar-refractivity contribution in [3.8, 4) is 11.8 Å². The quantitative estimate of drug-likeness (QED) is 0.583. The maximum absolute atomic E-state index is 12.8. The summed E-state index contributed by atoms with van der Waals surface area (Å²) in [5.41, 5.74) is 0. The van der Waals surface area contributed by atoms with Crippen molar-refractivity contribution in [2.24, 2.45) is 0 Å². The second-order valence-corrected chi connectivity index (χ2v) is 2.47. The molecule has 1 N–H and O–H groups in total. The van der Waals surface area contributed by atoms with Crippen LogP contribution in [0.1, 0.15) is 6.92 Å². The van der Waals surface area contributed by atoms with E-state index < -0.39 is 6.17 Å². The van der Waals surface area contributed by atoms with E-state index in [2.05, 4.69) is 17.2 Å². The molecule has 62 valence electrons. The van der Waals surface area contributed by atoms with E-state index in [0.717, 1.165) is 0 Å². The van der Waals surface area contributed by atoms with Crippen LogP contribution in [-0.2, 0) is 4.74 Å². The minimum absolute atomic E-state index is 0.157. The van der Waals surface area contributed by atoms with E-state index in [1.54, 1.807) is 6.92 Å². The van der Waals surface area contributed by atoms with Crippen LogP contribution in [0.15, 0.2) is 0 Å². The zero-order chi connectivity index (χ0) is 8.10. The van der Waals surface area contributed by atoms with Gasteiger partial charge in [0.25, 0.3) is 0 Å². The Morgan fingerprint density at radius 3 is 3.00 bits per heavy atom. The zero-order valence-corrected chi connectivity index (χ0v) is 6.56. The summed E-state index contributed by atoms with van der Waals surface area (Å²) in [6, 6.07) is -0.157. The highest BCUT2D eigenvalue weighted by Crippen LogP contribution is 2.08. The summed E-state index contributed by atoms with van der Waals surface area (Å²) in [6.07, 6.45) is -0.867. The summed E-state index contributed by atoms with van der Waals surface area (Å²) in [6.45, 7) is 2.99. The Kier molecular flexibility index (Phi) is 3.34. The number of hydrogen-bond acceptors (Lipinski definition) is 2. The third-order valence-electron chi connectivity index (χ3n) is 1.64. The van der Waals surface area contributed by atoms with Gasteiger partial charge in [-0.3, -0.25) is 5.32 Å². The van der Waals surface area contributed by atoms with Gasteiger partial charge in [0.1, 0.15) is 6.17 Å². The predicted octanol–water partition coefficient (Wildman–Crippen LogP) is 0.336. The zero-order valence-electron chi connectivity index (χ0n) is 6.56. The fourth-order valence-corrected chi connectivity index (χ4v) is 0.985. The van der Waals surface area contributed by atoms with Crippen LogP contribution in [0.5, 0.6) is 0 Å². The van der Waals surface area contributed by atoms with Gasteiger partial charge in [-0.1, -0.05) is 5.92 Å².